The number of anilines is 1. The smallest absolute Gasteiger partial charge is 0.230 e. The zero-order valence-corrected chi connectivity index (χ0v) is 11.4. The second-order valence-corrected chi connectivity index (χ2v) is 5.00. The maximum absolute atomic E-state index is 13.0. The van der Waals surface area contributed by atoms with E-state index >= 15 is 0 Å². The summed E-state index contributed by atoms with van der Waals surface area (Å²) in [4.78, 5) is 17.4. The van der Waals surface area contributed by atoms with Crippen LogP contribution in [0.25, 0.3) is 0 Å². The minimum atomic E-state index is -0.868. The molecular formula is C12H12ClFN4O2. The zero-order valence-electron chi connectivity index (χ0n) is 10.6. The second-order valence-electron chi connectivity index (χ2n) is 4.62. The van der Waals surface area contributed by atoms with E-state index in [0.717, 1.165) is 6.20 Å². The van der Waals surface area contributed by atoms with Crippen LogP contribution in [0.2, 0.25) is 5.02 Å². The lowest BCUT2D eigenvalue weighted by Crippen LogP contribution is -2.26. The highest BCUT2D eigenvalue weighted by Gasteiger charge is 2.34. The number of halogens is 2. The molecule has 8 heteroatoms. The van der Waals surface area contributed by atoms with Gasteiger partial charge in [-0.25, -0.2) is 9.37 Å². The van der Waals surface area contributed by atoms with Gasteiger partial charge in [0.05, 0.1) is 24.2 Å². The summed E-state index contributed by atoms with van der Waals surface area (Å²) in [6.45, 7) is 0.430. The van der Waals surface area contributed by atoms with Gasteiger partial charge in [0, 0.05) is 6.54 Å². The Balaban J connectivity index is 2.10. The quantitative estimate of drug-likeness (QED) is 0.860. The van der Waals surface area contributed by atoms with Crippen molar-refractivity contribution in [2.24, 2.45) is 5.92 Å². The molecule has 106 valence electrons. The summed E-state index contributed by atoms with van der Waals surface area (Å²) in [6, 6.07) is 1.78. The van der Waals surface area contributed by atoms with Crippen LogP contribution in [0.3, 0.4) is 0 Å². The van der Waals surface area contributed by atoms with Crippen LogP contribution in [0.5, 0.6) is 5.75 Å². The van der Waals surface area contributed by atoms with Crippen molar-refractivity contribution in [2.45, 2.75) is 12.5 Å². The van der Waals surface area contributed by atoms with E-state index in [1.54, 1.807) is 11.9 Å². The number of hydrogen-bond acceptors (Lipinski definition) is 5. The van der Waals surface area contributed by atoms with E-state index < -0.39 is 22.5 Å². The standard InChI is InChI=1S/C12H12ClFN4O2/c1-18-5-6(2-7(18)3-15)12(20)17-11-10(19)9(13)8(14)4-16-11/h4,6-7,19H,2,5H2,1H3,(H,16,17,20)/t6-,7?/m0/s1. The predicted octanol–water partition coefficient (Wildman–Crippen LogP) is 1.36. The number of pyridine rings is 1. The van der Waals surface area contributed by atoms with Gasteiger partial charge in [0.15, 0.2) is 17.4 Å². The molecule has 0 saturated carbocycles. The fourth-order valence-corrected chi connectivity index (χ4v) is 2.24. The number of aromatic nitrogens is 1. The van der Waals surface area contributed by atoms with Crippen molar-refractivity contribution in [3.63, 3.8) is 0 Å². The number of carbonyl (C=O) groups excluding carboxylic acids is 1. The highest BCUT2D eigenvalue weighted by atomic mass is 35.5. The largest absolute Gasteiger partial charge is 0.503 e. The summed E-state index contributed by atoms with van der Waals surface area (Å²) in [6.07, 6.45) is 1.21. The van der Waals surface area contributed by atoms with Gasteiger partial charge in [-0.1, -0.05) is 11.6 Å². The van der Waals surface area contributed by atoms with Crippen LogP contribution in [-0.4, -0.2) is 40.5 Å². The lowest BCUT2D eigenvalue weighted by molar-refractivity contribution is -0.119. The molecule has 20 heavy (non-hydrogen) atoms. The van der Waals surface area contributed by atoms with Gasteiger partial charge in [0.1, 0.15) is 5.02 Å². The minimum Gasteiger partial charge on any atom is -0.503 e. The Morgan fingerprint density at radius 3 is 3.05 bits per heavy atom. The summed E-state index contributed by atoms with van der Waals surface area (Å²) in [5.74, 6) is -2.45. The van der Waals surface area contributed by atoms with Crippen molar-refractivity contribution < 1.29 is 14.3 Å². The maximum atomic E-state index is 13.0. The number of nitrogens with one attached hydrogen (secondary N) is 1. The average Bonchev–Trinajstić information content (AvgIpc) is 2.80. The number of carbonyl (C=O) groups is 1. The van der Waals surface area contributed by atoms with Gasteiger partial charge in [-0.2, -0.15) is 5.26 Å². The third-order valence-corrected chi connectivity index (χ3v) is 3.62. The molecule has 0 radical (unpaired) electrons. The maximum Gasteiger partial charge on any atom is 0.230 e. The SMILES string of the molecule is CN1C[C@@H](C(=O)Nc2ncc(F)c(Cl)c2O)CC1C#N. The summed E-state index contributed by atoms with van der Waals surface area (Å²) >= 11 is 5.53. The fourth-order valence-electron chi connectivity index (χ4n) is 2.11. The first kappa shape index (κ1) is 14.5. The normalized spacial score (nSPS) is 22.5. The van der Waals surface area contributed by atoms with Gasteiger partial charge in [-0.3, -0.25) is 9.69 Å². The van der Waals surface area contributed by atoms with Crippen LogP contribution in [0.4, 0.5) is 10.2 Å². The van der Waals surface area contributed by atoms with Gasteiger partial charge >= 0.3 is 0 Å². The molecule has 1 aliphatic heterocycles. The Morgan fingerprint density at radius 1 is 1.75 bits per heavy atom. The van der Waals surface area contributed by atoms with E-state index in [1.807, 2.05) is 0 Å². The summed E-state index contributed by atoms with van der Waals surface area (Å²) in [5, 5.41) is 20.4. The predicted molar refractivity (Wildman–Crippen MR) is 69.6 cm³/mol. The summed E-state index contributed by atoms with van der Waals surface area (Å²) < 4.78 is 13.0. The Labute approximate surface area is 119 Å². The van der Waals surface area contributed by atoms with E-state index in [1.165, 1.54) is 0 Å². The Bertz CT molecular complexity index is 590. The van der Waals surface area contributed by atoms with Crippen LogP contribution < -0.4 is 5.32 Å². The third-order valence-electron chi connectivity index (χ3n) is 3.26. The van der Waals surface area contributed by atoms with Gasteiger partial charge in [-0.15, -0.1) is 0 Å². The van der Waals surface area contributed by atoms with E-state index in [-0.39, 0.29) is 17.8 Å². The van der Waals surface area contributed by atoms with Crippen LogP contribution in [0.1, 0.15) is 6.42 Å². The van der Waals surface area contributed by atoms with Crippen LogP contribution in [0, 0.1) is 23.1 Å². The molecule has 2 atom stereocenters. The molecule has 1 aromatic rings. The topological polar surface area (TPSA) is 89.2 Å². The number of nitriles is 1. The molecule has 2 N–H and O–H groups in total. The van der Waals surface area contributed by atoms with Crippen molar-refractivity contribution in [1.82, 2.24) is 9.88 Å². The fraction of sp³-hybridized carbons (Fsp3) is 0.417. The Morgan fingerprint density at radius 2 is 2.45 bits per heavy atom. The molecule has 1 amide bonds. The van der Waals surface area contributed by atoms with Crippen LogP contribution >= 0.6 is 11.6 Å². The molecule has 0 aliphatic carbocycles. The van der Waals surface area contributed by atoms with Crippen molar-refractivity contribution in [1.29, 1.82) is 5.26 Å². The highest BCUT2D eigenvalue weighted by Crippen LogP contribution is 2.32. The monoisotopic (exact) mass is 298 g/mol. The molecule has 2 heterocycles. The van der Waals surface area contributed by atoms with Gasteiger partial charge in [0.25, 0.3) is 0 Å². The average molecular weight is 299 g/mol. The van der Waals surface area contributed by atoms with E-state index in [9.17, 15) is 14.3 Å². The van der Waals surface area contributed by atoms with E-state index in [2.05, 4.69) is 16.4 Å². The third kappa shape index (κ3) is 2.66. The van der Waals surface area contributed by atoms with E-state index in [4.69, 9.17) is 16.9 Å². The first-order valence-electron chi connectivity index (χ1n) is 5.87. The molecule has 1 saturated heterocycles. The number of amides is 1. The molecule has 0 spiro atoms. The number of nitrogens with zero attached hydrogens (tertiary/aromatic N) is 3. The van der Waals surface area contributed by atoms with E-state index in [0.29, 0.717) is 13.0 Å². The highest BCUT2D eigenvalue weighted by molar-refractivity contribution is 6.32. The molecule has 1 unspecified atom stereocenters. The molecule has 0 bridgehead atoms. The lowest BCUT2D eigenvalue weighted by atomic mass is 10.1. The Hall–Kier alpha value is -1.91. The van der Waals surface area contributed by atoms with Crippen molar-refractivity contribution in [3.05, 3.63) is 17.0 Å². The van der Waals surface area contributed by atoms with Crippen molar-refractivity contribution in [3.8, 4) is 11.8 Å². The first-order chi connectivity index (χ1) is 9.43. The number of aromatic hydroxyl groups is 1. The minimum absolute atomic E-state index is 0.190. The number of hydrogen-bond donors (Lipinski definition) is 2. The molecule has 1 aliphatic rings. The van der Waals surface area contributed by atoms with Gasteiger partial charge < -0.3 is 10.4 Å². The Kier molecular flexibility index (Phi) is 4.06. The summed E-state index contributed by atoms with van der Waals surface area (Å²) in [7, 11) is 1.76. The molecular weight excluding hydrogens is 287 g/mol. The second kappa shape index (κ2) is 5.61. The van der Waals surface area contributed by atoms with Crippen LogP contribution in [-0.2, 0) is 4.79 Å². The molecule has 6 nitrogen and oxygen atoms in total. The molecule has 1 aromatic heterocycles. The molecule has 0 aromatic carbocycles. The molecule has 2 rings (SSSR count). The van der Waals surface area contributed by atoms with Crippen molar-refractivity contribution >= 4 is 23.3 Å². The molecule has 1 fully saturated rings. The zero-order chi connectivity index (χ0) is 14.9. The van der Waals surface area contributed by atoms with Gasteiger partial charge in [0.2, 0.25) is 5.91 Å². The van der Waals surface area contributed by atoms with Crippen LogP contribution in [0.15, 0.2) is 6.20 Å². The number of rotatable bonds is 2. The lowest BCUT2D eigenvalue weighted by Gasteiger charge is -2.12. The van der Waals surface area contributed by atoms with Gasteiger partial charge in [-0.05, 0) is 13.5 Å². The summed E-state index contributed by atoms with van der Waals surface area (Å²) in [5.41, 5.74) is 0. The van der Waals surface area contributed by atoms with Crippen molar-refractivity contribution in [2.75, 3.05) is 18.9 Å². The first-order valence-corrected chi connectivity index (χ1v) is 6.25. The number of likely N-dealkylation sites (tertiary alicyclic amines) is 1.